The maximum absolute atomic E-state index is 11.5. The fourth-order valence-electron chi connectivity index (χ4n) is 1.36. The topological polar surface area (TPSA) is 101 Å². The molecule has 0 atom stereocenters. The maximum atomic E-state index is 11.5. The number of carbonyl (C=O) groups is 2. The highest BCUT2D eigenvalue weighted by Gasteiger charge is 2.08. The molecule has 0 unspecified atom stereocenters. The van der Waals surface area contributed by atoms with Crippen LogP contribution in [-0.4, -0.2) is 33.5 Å². The normalized spacial score (nSPS) is 9.80. The number of carboxylic acid groups (broad SMARTS) is 1. The zero-order valence-corrected chi connectivity index (χ0v) is 10.3. The van der Waals surface area contributed by atoms with E-state index in [-0.39, 0.29) is 5.69 Å². The molecule has 0 aliphatic rings. The van der Waals surface area contributed by atoms with Gasteiger partial charge in [0, 0.05) is 6.20 Å². The molecule has 102 valence electrons. The smallest absolute Gasteiger partial charge is 0.322 e. The lowest BCUT2D eigenvalue weighted by atomic mass is 10.3. The molecular weight excluding hydrogens is 262 g/mol. The Morgan fingerprint density at radius 3 is 2.60 bits per heavy atom. The summed E-state index contributed by atoms with van der Waals surface area (Å²) < 4.78 is 5.46. The van der Waals surface area contributed by atoms with Crippen molar-refractivity contribution in [3.05, 3.63) is 48.5 Å². The largest absolute Gasteiger partial charge is 0.480 e. The van der Waals surface area contributed by atoms with Crippen LogP contribution < -0.4 is 10.1 Å². The van der Waals surface area contributed by atoms with Crippen LogP contribution in [0.3, 0.4) is 0 Å². The summed E-state index contributed by atoms with van der Waals surface area (Å²) in [6.07, 6.45) is 4.55. The lowest BCUT2D eigenvalue weighted by Gasteiger charge is -2.05. The van der Waals surface area contributed by atoms with Crippen molar-refractivity contribution in [1.29, 1.82) is 0 Å². The van der Waals surface area contributed by atoms with E-state index in [0.717, 1.165) is 0 Å². The number of carboxylic acids is 1. The summed E-state index contributed by atoms with van der Waals surface area (Å²) in [5.74, 6) is -0.666. The fourth-order valence-corrected chi connectivity index (χ4v) is 1.36. The summed E-state index contributed by atoms with van der Waals surface area (Å²) in [6, 6.07) is 6.48. The van der Waals surface area contributed by atoms with E-state index in [0.29, 0.717) is 11.5 Å². The van der Waals surface area contributed by atoms with Crippen molar-refractivity contribution in [2.75, 3.05) is 6.54 Å². The number of nitrogens with one attached hydrogen (secondary N) is 1. The summed E-state index contributed by atoms with van der Waals surface area (Å²) in [4.78, 5) is 29.7. The minimum Gasteiger partial charge on any atom is -0.480 e. The van der Waals surface area contributed by atoms with Gasteiger partial charge < -0.3 is 15.2 Å². The Kier molecular flexibility index (Phi) is 4.23. The number of hydrogen-bond donors (Lipinski definition) is 2. The molecule has 0 saturated heterocycles. The third kappa shape index (κ3) is 3.77. The summed E-state index contributed by atoms with van der Waals surface area (Å²) >= 11 is 0. The zero-order chi connectivity index (χ0) is 14.4. The standard InChI is InChI=1S/C13H11N3O4/c17-12(18)8-16-13(19)11-4-3-10(7-15-11)20-9-2-1-5-14-6-9/h1-7H,8H2,(H,16,19)(H,17,18). The first-order valence-electron chi connectivity index (χ1n) is 5.69. The molecule has 2 aromatic heterocycles. The monoisotopic (exact) mass is 273 g/mol. The summed E-state index contributed by atoms with van der Waals surface area (Å²) in [5.41, 5.74) is 0.116. The molecule has 0 fully saturated rings. The zero-order valence-electron chi connectivity index (χ0n) is 10.3. The number of nitrogens with zero attached hydrogens (tertiary/aromatic N) is 2. The number of rotatable bonds is 5. The number of aliphatic carboxylic acids is 1. The second-order valence-corrected chi connectivity index (χ2v) is 3.75. The van der Waals surface area contributed by atoms with Crippen LogP contribution in [0.4, 0.5) is 0 Å². The highest BCUT2D eigenvalue weighted by atomic mass is 16.5. The van der Waals surface area contributed by atoms with E-state index in [9.17, 15) is 9.59 Å². The van der Waals surface area contributed by atoms with Crippen LogP contribution in [0.2, 0.25) is 0 Å². The predicted molar refractivity (Wildman–Crippen MR) is 68.5 cm³/mol. The van der Waals surface area contributed by atoms with Gasteiger partial charge in [-0.2, -0.15) is 0 Å². The molecule has 2 rings (SSSR count). The molecule has 0 spiro atoms. The molecule has 0 bridgehead atoms. The molecule has 20 heavy (non-hydrogen) atoms. The average molecular weight is 273 g/mol. The van der Waals surface area contributed by atoms with Gasteiger partial charge in [0.1, 0.15) is 23.7 Å². The summed E-state index contributed by atoms with van der Waals surface area (Å²) in [6.45, 7) is -0.450. The predicted octanol–water partition coefficient (Wildman–Crippen LogP) is 1.08. The van der Waals surface area contributed by atoms with Gasteiger partial charge in [-0.3, -0.25) is 14.6 Å². The number of amides is 1. The van der Waals surface area contributed by atoms with Gasteiger partial charge >= 0.3 is 5.97 Å². The van der Waals surface area contributed by atoms with Gasteiger partial charge in [-0.25, -0.2) is 4.98 Å². The molecule has 7 heteroatoms. The van der Waals surface area contributed by atoms with Gasteiger partial charge in [0.25, 0.3) is 5.91 Å². The van der Waals surface area contributed by atoms with Crippen molar-refractivity contribution in [3.8, 4) is 11.5 Å². The molecule has 0 radical (unpaired) electrons. The number of carbonyl (C=O) groups excluding carboxylic acids is 1. The van der Waals surface area contributed by atoms with Crippen LogP contribution in [0.1, 0.15) is 10.5 Å². The molecule has 7 nitrogen and oxygen atoms in total. The molecule has 2 heterocycles. The molecule has 2 aromatic rings. The van der Waals surface area contributed by atoms with Crippen LogP contribution in [0, 0.1) is 0 Å². The molecule has 0 aliphatic heterocycles. The van der Waals surface area contributed by atoms with Crippen molar-refractivity contribution in [2.24, 2.45) is 0 Å². The Bertz CT molecular complexity index is 599. The maximum Gasteiger partial charge on any atom is 0.322 e. The van der Waals surface area contributed by atoms with E-state index in [1.165, 1.54) is 12.3 Å². The van der Waals surface area contributed by atoms with E-state index in [1.807, 2.05) is 0 Å². The Hall–Kier alpha value is -2.96. The van der Waals surface area contributed by atoms with Crippen LogP contribution in [0.5, 0.6) is 11.5 Å². The first-order chi connectivity index (χ1) is 9.65. The average Bonchev–Trinajstić information content (AvgIpc) is 2.46. The Labute approximate surface area is 114 Å². The summed E-state index contributed by atoms with van der Waals surface area (Å²) in [5, 5.41) is 10.7. The van der Waals surface area contributed by atoms with E-state index in [1.54, 1.807) is 30.6 Å². The Morgan fingerprint density at radius 2 is 2.00 bits per heavy atom. The van der Waals surface area contributed by atoms with Crippen molar-refractivity contribution in [2.45, 2.75) is 0 Å². The fraction of sp³-hybridized carbons (Fsp3) is 0.0769. The lowest BCUT2D eigenvalue weighted by molar-refractivity contribution is -0.135. The number of pyridine rings is 2. The van der Waals surface area contributed by atoms with Crippen molar-refractivity contribution >= 4 is 11.9 Å². The van der Waals surface area contributed by atoms with Gasteiger partial charge in [-0.15, -0.1) is 0 Å². The van der Waals surface area contributed by atoms with Crippen molar-refractivity contribution in [3.63, 3.8) is 0 Å². The molecule has 1 amide bonds. The molecule has 0 aromatic carbocycles. The summed E-state index contributed by atoms with van der Waals surface area (Å²) in [7, 11) is 0. The van der Waals surface area contributed by atoms with Gasteiger partial charge in [0.2, 0.25) is 0 Å². The van der Waals surface area contributed by atoms with E-state index >= 15 is 0 Å². The first-order valence-corrected chi connectivity index (χ1v) is 5.69. The molecule has 0 saturated carbocycles. The van der Waals surface area contributed by atoms with Crippen molar-refractivity contribution < 1.29 is 19.4 Å². The van der Waals surface area contributed by atoms with E-state index in [2.05, 4.69) is 15.3 Å². The van der Waals surface area contributed by atoms with Crippen molar-refractivity contribution in [1.82, 2.24) is 15.3 Å². The van der Waals surface area contributed by atoms with Gasteiger partial charge in [-0.05, 0) is 24.3 Å². The molecule has 0 aliphatic carbocycles. The quantitative estimate of drug-likeness (QED) is 0.845. The second-order valence-electron chi connectivity index (χ2n) is 3.75. The highest BCUT2D eigenvalue weighted by Crippen LogP contribution is 2.18. The van der Waals surface area contributed by atoms with Crippen LogP contribution in [0.25, 0.3) is 0 Å². The van der Waals surface area contributed by atoms with Gasteiger partial charge in [0.05, 0.1) is 12.4 Å². The second kappa shape index (κ2) is 6.28. The third-order valence-corrected chi connectivity index (χ3v) is 2.24. The Balaban J connectivity index is 1.99. The molecule has 2 N–H and O–H groups in total. The van der Waals surface area contributed by atoms with E-state index in [4.69, 9.17) is 9.84 Å². The van der Waals surface area contributed by atoms with Gasteiger partial charge in [0.15, 0.2) is 0 Å². The molecular formula is C13H11N3O4. The van der Waals surface area contributed by atoms with Crippen LogP contribution >= 0.6 is 0 Å². The lowest BCUT2D eigenvalue weighted by Crippen LogP contribution is -2.29. The minimum absolute atomic E-state index is 0.116. The third-order valence-electron chi connectivity index (χ3n) is 2.24. The number of hydrogen-bond acceptors (Lipinski definition) is 5. The highest BCUT2D eigenvalue weighted by molar-refractivity contribution is 5.94. The SMILES string of the molecule is O=C(O)CNC(=O)c1ccc(Oc2cccnc2)cn1. The Morgan fingerprint density at radius 1 is 1.20 bits per heavy atom. The van der Waals surface area contributed by atoms with Crippen LogP contribution in [0.15, 0.2) is 42.9 Å². The number of ether oxygens (including phenoxy) is 1. The van der Waals surface area contributed by atoms with Gasteiger partial charge in [-0.1, -0.05) is 0 Å². The van der Waals surface area contributed by atoms with E-state index < -0.39 is 18.4 Å². The number of aromatic nitrogens is 2. The van der Waals surface area contributed by atoms with Crippen LogP contribution in [-0.2, 0) is 4.79 Å². The first kappa shape index (κ1) is 13.5. The minimum atomic E-state index is -1.12.